The lowest BCUT2D eigenvalue weighted by atomic mass is 10.1. The van der Waals surface area contributed by atoms with Crippen molar-refractivity contribution in [2.24, 2.45) is 5.73 Å². The third-order valence-electron chi connectivity index (χ3n) is 5.41. The second kappa shape index (κ2) is 12.3. The summed E-state index contributed by atoms with van der Waals surface area (Å²) in [6, 6.07) is 10.1. The number of rotatable bonds is 10. The van der Waals surface area contributed by atoms with E-state index in [4.69, 9.17) is 15.2 Å². The number of amides is 1. The van der Waals surface area contributed by atoms with E-state index in [1.807, 2.05) is 13.0 Å². The molecule has 1 amide bonds. The number of aromatic nitrogens is 3. The molecule has 0 spiro atoms. The number of hydrogen-bond donors (Lipinski definition) is 3. The molecule has 0 unspecified atom stereocenters. The van der Waals surface area contributed by atoms with Crippen molar-refractivity contribution >= 4 is 35.5 Å². The van der Waals surface area contributed by atoms with Gasteiger partial charge >= 0.3 is 0 Å². The molecular formula is C25H28ClFN6O3. The predicted octanol–water partition coefficient (Wildman–Crippen LogP) is 3.72. The number of anilines is 2. The van der Waals surface area contributed by atoms with E-state index >= 15 is 0 Å². The summed E-state index contributed by atoms with van der Waals surface area (Å²) in [5.41, 5.74) is 9.01. The summed E-state index contributed by atoms with van der Waals surface area (Å²) in [5, 5.41) is 6.08. The van der Waals surface area contributed by atoms with Gasteiger partial charge in [0.15, 0.2) is 11.5 Å². The number of methoxy groups -OCH3 is 1. The number of nitrogens with zero attached hydrogens (tertiary/aromatic N) is 3. The maximum Gasteiger partial charge on any atom is 0.251 e. The molecule has 0 aliphatic heterocycles. The van der Waals surface area contributed by atoms with Crippen molar-refractivity contribution in [2.75, 3.05) is 38.7 Å². The fourth-order valence-electron chi connectivity index (χ4n) is 3.69. The Balaban J connectivity index is 0.00000361. The molecule has 0 aliphatic rings. The topological polar surface area (TPSA) is 116 Å². The number of carbonyl (C=O) groups is 1. The molecule has 0 saturated heterocycles. The molecule has 0 saturated carbocycles. The van der Waals surface area contributed by atoms with Crippen molar-refractivity contribution in [2.45, 2.75) is 6.92 Å². The first-order valence-electron chi connectivity index (χ1n) is 11.1. The summed E-state index contributed by atoms with van der Waals surface area (Å²) < 4.78 is 26.8. The van der Waals surface area contributed by atoms with Crippen LogP contribution >= 0.6 is 12.4 Å². The monoisotopic (exact) mass is 514 g/mol. The molecule has 2 aromatic carbocycles. The Labute approximate surface area is 214 Å². The number of benzene rings is 2. The zero-order valence-electron chi connectivity index (χ0n) is 20.0. The Morgan fingerprint density at radius 3 is 2.72 bits per heavy atom. The number of fused-ring (bicyclic) bond motifs is 1. The van der Waals surface area contributed by atoms with Gasteiger partial charge in [-0.15, -0.1) is 12.4 Å². The van der Waals surface area contributed by atoms with Gasteiger partial charge < -0.3 is 25.8 Å². The Kier molecular flexibility index (Phi) is 9.18. The highest BCUT2D eigenvalue weighted by Gasteiger charge is 2.15. The van der Waals surface area contributed by atoms with Gasteiger partial charge in [0.25, 0.3) is 5.91 Å². The molecule has 4 N–H and O–H groups in total. The second-order valence-electron chi connectivity index (χ2n) is 7.77. The number of aryl methyl sites for hydroxylation is 1. The van der Waals surface area contributed by atoms with Crippen LogP contribution in [-0.4, -0.2) is 53.7 Å². The van der Waals surface area contributed by atoms with Crippen LogP contribution in [0.2, 0.25) is 0 Å². The van der Waals surface area contributed by atoms with Gasteiger partial charge in [0.2, 0.25) is 0 Å². The summed E-state index contributed by atoms with van der Waals surface area (Å²) in [6.07, 6.45) is 4.94. The molecule has 0 bridgehead atoms. The maximum atomic E-state index is 14.7. The van der Waals surface area contributed by atoms with Gasteiger partial charge in [0.05, 0.1) is 32.2 Å². The summed E-state index contributed by atoms with van der Waals surface area (Å²) >= 11 is 0. The Morgan fingerprint density at radius 2 is 2.00 bits per heavy atom. The van der Waals surface area contributed by atoms with Crippen LogP contribution in [0.15, 0.2) is 55.0 Å². The van der Waals surface area contributed by atoms with Crippen LogP contribution in [0.25, 0.3) is 16.9 Å². The molecular weight excluding hydrogens is 487 g/mol. The van der Waals surface area contributed by atoms with E-state index in [0.29, 0.717) is 60.3 Å². The van der Waals surface area contributed by atoms with Crippen LogP contribution in [0, 0.1) is 12.7 Å². The lowest BCUT2D eigenvalue weighted by Crippen LogP contribution is -2.28. The quantitative estimate of drug-likeness (QED) is 0.276. The largest absolute Gasteiger partial charge is 0.497 e. The van der Waals surface area contributed by atoms with E-state index in [2.05, 4.69) is 20.6 Å². The highest BCUT2D eigenvalue weighted by molar-refractivity contribution is 5.96. The third-order valence-corrected chi connectivity index (χ3v) is 5.41. The number of nitrogens with one attached hydrogen (secondary N) is 2. The minimum Gasteiger partial charge on any atom is -0.497 e. The fraction of sp³-hybridized carbons (Fsp3) is 0.240. The van der Waals surface area contributed by atoms with E-state index < -0.39 is 5.82 Å². The molecule has 36 heavy (non-hydrogen) atoms. The van der Waals surface area contributed by atoms with Gasteiger partial charge in [-0.05, 0) is 42.8 Å². The summed E-state index contributed by atoms with van der Waals surface area (Å²) in [6.45, 7) is 3.58. The van der Waals surface area contributed by atoms with Gasteiger partial charge in [-0.1, -0.05) is 0 Å². The van der Waals surface area contributed by atoms with Gasteiger partial charge in [-0.3, -0.25) is 9.20 Å². The van der Waals surface area contributed by atoms with Gasteiger partial charge in [-0.2, -0.15) is 0 Å². The number of imidazole rings is 1. The van der Waals surface area contributed by atoms with Crippen molar-refractivity contribution in [1.29, 1.82) is 0 Å². The fourth-order valence-corrected chi connectivity index (χ4v) is 3.69. The molecule has 4 rings (SSSR count). The molecule has 0 radical (unpaired) electrons. The van der Waals surface area contributed by atoms with Crippen LogP contribution in [0.1, 0.15) is 15.9 Å². The average Bonchev–Trinajstić information content (AvgIpc) is 3.28. The van der Waals surface area contributed by atoms with E-state index in [9.17, 15) is 9.18 Å². The Hall–Kier alpha value is -3.73. The van der Waals surface area contributed by atoms with Gasteiger partial charge in [0.1, 0.15) is 11.6 Å². The molecule has 11 heteroatoms. The van der Waals surface area contributed by atoms with E-state index in [-0.39, 0.29) is 18.3 Å². The lowest BCUT2D eigenvalue weighted by molar-refractivity contribution is 0.0919. The summed E-state index contributed by atoms with van der Waals surface area (Å²) in [5.74, 6) is 0.357. The molecule has 0 fully saturated rings. The zero-order chi connectivity index (χ0) is 24.8. The normalized spacial score (nSPS) is 10.7. The maximum absolute atomic E-state index is 14.7. The lowest BCUT2D eigenvalue weighted by Gasteiger charge is -2.12. The van der Waals surface area contributed by atoms with Crippen LogP contribution in [0.5, 0.6) is 5.75 Å². The van der Waals surface area contributed by atoms with Gasteiger partial charge in [-0.25, -0.2) is 14.4 Å². The SMILES string of the molecule is COc1ccc(-c2cnc3c(Nc4ccc(C(=O)NCCOCCN)c(C)c4)nccn23)c(F)c1.Cl. The number of halogens is 2. The average molecular weight is 515 g/mol. The van der Waals surface area contributed by atoms with Crippen molar-refractivity contribution in [3.63, 3.8) is 0 Å². The molecule has 2 aromatic heterocycles. The first kappa shape index (κ1) is 26.9. The first-order chi connectivity index (χ1) is 17.0. The first-order valence-corrected chi connectivity index (χ1v) is 11.1. The molecule has 0 aliphatic carbocycles. The Morgan fingerprint density at radius 1 is 1.17 bits per heavy atom. The van der Waals surface area contributed by atoms with Crippen LogP contribution in [-0.2, 0) is 4.74 Å². The molecule has 2 heterocycles. The van der Waals surface area contributed by atoms with E-state index in [1.54, 1.807) is 47.3 Å². The van der Waals surface area contributed by atoms with Crippen LogP contribution in [0.4, 0.5) is 15.9 Å². The van der Waals surface area contributed by atoms with Crippen LogP contribution in [0.3, 0.4) is 0 Å². The molecule has 0 atom stereocenters. The van der Waals surface area contributed by atoms with E-state index in [1.165, 1.54) is 13.2 Å². The van der Waals surface area contributed by atoms with Crippen LogP contribution < -0.4 is 21.1 Å². The van der Waals surface area contributed by atoms with Crippen molar-refractivity contribution in [1.82, 2.24) is 19.7 Å². The standard InChI is InChI=1S/C25H27FN6O3.ClH/c1-16-13-17(3-5-19(16)25(33)29-9-12-35-11-7-27)31-23-24-30-15-22(32(24)10-8-28-23)20-6-4-18(34-2)14-21(20)26;/h3-6,8,10,13-15H,7,9,11-12,27H2,1-2H3,(H,28,31)(H,29,33);1H. The number of nitrogens with two attached hydrogens (primary N) is 1. The zero-order valence-corrected chi connectivity index (χ0v) is 20.8. The van der Waals surface area contributed by atoms with Crippen molar-refractivity contribution in [3.8, 4) is 17.0 Å². The minimum absolute atomic E-state index is 0. The molecule has 9 nitrogen and oxygen atoms in total. The summed E-state index contributed by atoms with van der Waals surface area (Å²) in [4.78, 5) is 21.3. The highest BCUT2D eigenvalue weighted by Crippen LogP contribution is 2.29. The third kappa shape index (κ3) is 5.91. The van der Waals surface area contributed by atoms with Gasteiger partial charge in [0, 0.05) is 48.4 Å². The predicted molar refractivity (Wildman–Crippen MR) is 139 cm³/mol. The molecule has 4 aromatic rings. The van der Waals surface area contributed by atoms with Crippen molar-refractivity contribution < 1.29 is 18.7 Å². The minimum atomic E-state index is -0.409. The molecule has 190 valence electrons. The smallest absolute Gasteiger partial charge is 0.251 e. The number of carbonyl (C=O) groups excluding carboxylic acids is 1. The highest BCUT2D eigenvalue weighted by atomic mass is 35.5. The number of hydrogen-bond acceptors (Lipinski definition) is 7. The second-order valence-corrected chi connectivity index (χ2v) is 7.77. The Bertz CT molecular complexity index is 1350. The summed E-state index contributed by atoms with van der Waals surface area (Å²) in [7, 11) is 1.49. The van der Waals surface area contributed by atoms with Crippen molar-refractivity contribution in [3.05, 3.63) is 71.9 Å². The van der Waals surface area contributed by atoms with E-state index in [0.717, 1.165) is 11.3 Å². The number of ether oxygens (including phenoxy) is 2.